The van der Waals surface area contributed by atoms with Crippen molar-refractivity contribution in [1.82, 2.24) is 30.4 Å². The zero-order valence-corrected chi connectivity index (χ0v) is 22.2. The molecule has 0 radical (unpaired) electrons. The van der Waals surface area contributed by atoms with Gasteiger partial charge in [-0.05, 0) is 11.4 Å². The van der Waals surface area contributed by atoms with Gasteiger partial charge in [0.2, 0.25) is 11.1 Å². The first-order valence-electron chi connectivity index (χ1n) is 10.5. The number of thioether (sulfide) groups is 2. The first-order chi connectivity index (χ1) is 17.8. The van der Waals surface area contributed by atoms with E-state index in [1.165, 1.54) is 35.1 Å². The van der Waals surface area contributed by atoms with E-state index >= 15 is 0 Å². The van der Waals surface area contributed by atoms with Crippen LogP contribution in [0.1, 0.15) is 12.1 Å². The van der Waals surface area contributed by atoms with Crippen molar-refractivity contribution in [2.45, 2.75) is 21.8 Å². The van der Waals surface area contributed by atoms with Gasteiger partial charge in [-0.2, -0.15) is 11.3 Å². The average Bonchev–Trinajstić information content (AvgIpc) is 3.63. The SMILES string of the molecule is CON=CC(=O)NC1(c2csc(N)n2)S[C@H]2CC(=O)N2C(C(=O)O)=C1CSc1n[nH]c(-c2ccsc2)n1. The van der Waals surface area contributed by atoms with Crippen LogP contribution >= 0.6 is 46.2 Å². The van der Waals surface area contributed by atoms with Crippen LogP contribution < -0.4 is 11.1 Å². The van der Waals surface area contributed by atoms with Gasteiger partial charge in [0.15, 0.2) is 15.8 Å². The van der Waals surface area contributed by atoms with Gasteiger partial charge in [0.05, 0.1) is 17.5 Å². The fourth-order valence-electron chi connectivity index (χ4n) is 3.86. The number of carbonyl (C=O) groups is 3. The number of nitrogen functional groups attached to an aromatic ring is 1. The van der Waals surface area contributed by atoms with Crippen molar-refractivity contribution in [3.8, 4) is 11.4 Å². The summed E-state index contributed by atoms with van der Waals surface area (Å²) in [6.07, 6.45) is 1.04. The van der Waals surface area contributed by atoms with Crippen molar-refractivity contribution in [3.05, 3.63) is 39.2 Å². The first-order valence-corrected chi connectivity index (χ1v) is 14.2. The lowest BCUT2D eigenvalue weighted by molar-refractivity contribution is -0.146. The van der Waals surface area contributed by atoms with E-state index in [2.05, 4.69) is 35.5 Å². The summed E-state index contributed by atoms with van der Waals surface area (Å²) < 4.78 is 0. The lowest BCUT2D eigenvalue weighted by Gasteiger charge is -2.51. The second-order valence-electron chi connectivity index (χ2n) is 7.60. The number of amides is 2. The smallest absolute Gasteiger partial charge is 0.352 e. The molecule has 0 aromatic carbocycles. The van der Waals surface area contributed by atoms with Gasteiger partial charge in [0.1, 0.15) is 19.0 Å². The number of carboxylic acid groups (broad SMARTS) is 1. The molecule has 1 unspecified atom stereocenters. The normalized spacial score (nSPS) is 21.2. The van der Waals surface area contributed by atoms with E-state index in [0.29, 0.717) is 16.7 Å². The van der Waals surface area contributed by atoms with Gasteiger partial charge in [-0.3, -0.25) is 19.6 Å². The molecule has 2 atom stereocenters. The van der Waals surface area contributed by atoms with Crippen molar-refractivity contribution < 1.29 is 24.3 Å². The van der Waals surface area contributed by atoms with Crippen LogP contribution in [0.25, 0.3) is 11.4 Å². The molecule has 2 aliphatic rings. The fourth-order valence-corrected chi connectivity index (χ4v) is 7.83. The number of nitrogens with two attached hydrogens (primary N) is 1. The van der Waals surface area contributed by atoms with E-state index in [1.807, 2.05) is 16.8 Å². The van der Waals surface area contributed by atoms with E-state index in [1.54, 1.807) is 5.38 Å². The Morgan fingerprint density at radius 3 is 2.95 bits per heavy atom. The molecule has 5 rings (SSSR count). The summed E-state index contributed by atoms with van der Waals surface area (Å²) in [5.41, 5.74) is 7.13. The lowest BCUT2D eigenvalue weighted by atomic mass is 9.98. The molecule has 3 aromatic heterocycles. The summed E-state index contributed by atoms with van der Waals surface area (Å²) in [5.74, 6) is -1.70. The average molecular weight is 579 g/mol. The number of carboxylic acids is 1. The Balaban J connectivity index is 1.59. The lowest BCUT2D eigenvalue weighted by Crippen LogP contribution is -2.61. The Morgan fingerprint density at radius 2 is 2.30 bits per heavy atom. The number of fused-ring (bicyclic) bond motifs is 1. The van der Waals surface area contributed by atoms with Gasteiger partial charge in [-0.15, -0.1) is 16.4 Å². The fraction of sp³-hybridized carbons (Fsp3) is 0.250. The van der Waals surface area contributed by atoms with Crippen LogP contribution in [0.4, 0.5) is 5.13 Å². The third kappa shape index (κ3) is 4.70. The van der Waals surface area contributed by atoms with Crippen molar-refractivity contribution in [1.29, 1.82) is 0 Å². The standard InChI is InChI=1S/C20H18N8O5S4/c1-33-22-5-12(29)25-20(11-8-35-18(21)23-11)10(15(17(31)32)28-13(30)4-14(28)37-20)7-36-19-24-16(26-27-19)9-2-3-34-6-9/h2-3,5-6,8,14H,4,7H2,1H3,(H2,21,23)(H,25,29)(H,31,32)(H,24,26,27)/t14-,20?/m0/s1. The van der Waals surface area contributed by atoms with Crippen LogP contribution in [0.15, 0.2) is 43.8 Å². The molecule has 1 saturated heterocycles. The first kappa shape index (κ1) is 25.2. The van der Waals surface area contributed by atoms with Crippen LogP contribution in [0.3, 0.4) is 0 Å². The Kier molecular flexibility index (Phi) is 6.93. The predicted octanol–water partition coefficient (Wildman–Crippen LogP) is 1.91. The Labute approximate surface area is 225 Å². The highest BCUT2D eigenvalue weighted by Gasteiger charge is 2.56. The maximum Gasteiger partial charge on any atom is 0.352 e. The molecule has 0 aliphatic carbocycles. The van der Waals surface area contributed by atoms with E-state index < -0.39 is 22.1 Å². The highest BCUT2D eigenvalue weighted by molar-refractivity contribution is 8.01. The number of H-pyrrole nitrogens is 1. The molecule has 3 aromatic rings. The van der Waals surface area contributed by atoms with Gasteiger partial charge < -0.3 is 21.0 Å². The van der Waals surface area contributed by atoms with Gasteiger partial charge in [-0.25, -0.2) is 14.8 Å². The molecule has 192 valence electrons. The molecular weight excluding hydrogens is 561 g/mol. The number of thiophene rings is 1. The highest BCUT2D eigenvalue weighted by atomic mass is 32.2. The number of oxime groups is 1. The summed E-state index contributed by atoms with van der Waals surface area (Å²) in [6, 6.07) is 1.90. The highest BCUT2D eigenvalue weighted by Crippen LogP contribution is 2.55. The van der Waals surface area contributed by atoms with Crippen molar-refractivity contribution >= 4 is 75.3 Å². The van der Waals surface area contributed by atoms with Crippen molar-refractivity contribution in [3.63, 3.8) is 0 Å². The number of hydrogen-bond donors (Lipinski definition) is 4. The minimum atomic E-state index is -1.46. The summed E-state index contributed by atoms with van der Waals surface area (Å²) >= 11 is 5.03. The molecule has 0 saturated carbocycles. The van der Waals surface area contributed by atoms with Gasteiger partial charge in [0.25, 0.3) is 5.91 Å². The number of nitrogens with one attached hydrogen (secondary N) is 2. The number of nitrogens with zero attached hydrogens (tertiary/aromatic N) is 5. The largest absolute Gasteiger partial charge is 0.477 e. The van der Waals surface area contributed by atoms with Crippen molar-refractivity contribution in [2.24, 2.45) is 5.16 Å². The molecule has 2 amide bonds. The molecule has 37 heavy (non-hydrogen) atoms. The second kappa shape index (κ2) is 10.2. The van der Waals surface area contributed by atoms with Crippen LogP contribution in [-0.2, 0) is 24.1 Å². The zero-order chi connectivity index (χ0) is 26.2. The maximum absolute atomic E-state index is 12.9. The Bertz CT molecular complexity index is 1420. The number of hydrogen-bond acceptors (Lipinski definition) is 13. The molecule has 13 nitrogen and oxygen atoms in total. The molecule has 2 aliphatic heterocycles. The molecule has 0 bridgehead atoms. The van der Waals surface area contributed by atoms with E-state index in [-0.39, 0.29) is 34.5 Å². The van der Waals surface area contributed by atoms with Gasteiger partial charge in [-0.1, -0.05) is 28.7 Å². The number of β-lactam (4-membered cyclic amide) rings is 1. The quantitative estimate of drug-likeness (QED) is 0.126. The molecule has 5 N–H and O–H groups in total. The van der Waals surface area contributed by atoms with Crippen LogP contribution in [-0.4, -0.2) is 72.4 Å². The molecular formula is C20H18N8O5S4. The van der Waals surface area contributed by atoms with Crippen molar-refractivity contribution in [2.75, 3.05) is 18.6 Å². The summed E-state index contributed by atoms with van der Waals surface area (Å²) in [5, 5.41) is 29.3. The van der Waals surface area contributed by atoms with Crippen LogP contribution in [0, 0.1) is 0 Å². The van der Waals surface area contributed by atoms with Crippen LogP contribution in [0.5, 0.6) is 0 Å². The number of anilines is 1. The third-order valence-electron chi connectivity index (χ3n) is 5.44. The van der Waals surface area contributed by atoms with Gasteiger partial charge in [0, 0.05) is 27.6 Å². The molecule has 17 heteroatoms. The summed E-state index contributed by atoms with van der Waals surface area (Å²) in [4.78, 5) is 51.1. The zero-order valence-electron chi connectivity index (χ0n) is 18.9. The number of aliphatic carboxylic acids is 1. The van der Waals surface area contributed by atoms with E-state index in [0.717, 1.165) is 34.9 Å². The number of aromatic nitrogens is 4. The third-order valence-corrected chi connectivity index (χ3v) is 9.23. The second-order valence-corrected chi connectivity index (χ2v) is 11.6. The van der Waals surface area contributed by atoms with E-state index in [9.17, 15) is 19.5 Å². The minimum Gasteiger partial charge on any atom is -0.477 e. The Hall–Kier alpha value is -3.41. The molecule has 0 spiro atoms. The summed E-state index contributed by atoms with van der Waals surface area (Å²) in [6.45, 7) is 0. The summed E-state index contributed by atoms with van der Waals surface area (Å²) in [7, 11) is 1.29. The number of thiazole rings is 1. The maximum atomic E-state index is 12.9. The van der Waals surface area contributed by atoms with Gasteiger partial charge >= 0.3 is 5.97 Å². The van der Waals surface area contributed by atoms with Crippen LogP contribution in [0.2, 0.25) is 0 Å². The molecule has 1 fully saturated rings. The Morgan fingerprint density at radius 1 is 1.46 bits per heavy atom. The van der Waals surface area contributed by atoms with E-state index in [4.69, 9.17) is 5.73 Å². The number of aromatic amines is 1. The number of rotatable bonds is 9. The monoisotopic (exact) mass is 578 g/mol. The number of carbonyl (C=O) groups excluding carboxylic acids is 2. The molecule has 5 heterocycles. The predicted molar refractivity (Wildman–Crippen MR) is 140 cm³/mol. The topological polar surface area (TPSA) is 189 Å². The minimum absolute atomic E-state index is 0.0190.